The number of nitrogens with zero attached hydrogens (tertiary/aromatic N) is 3. The van der Waals surface area contributed by atoms with Crippen molar-refractivity contribution in [3.63, 3.8) is 0 Å². The third kappa shape index (κ3) is 3.85. The highest BCUT2D eigenvalue weighted by Crippen LogP contribution is 2.33. The first kappa shape index (κ1) is 17.7. The summed E-state index contributed by atoms with van der Waals surface area (Å²) in [6, 6.07) is 8.09. The molecule has 1 aromatic carbocycles. The first-order chi connectivity index (χ1) is 13.0. The summed E-state index contributed by atoms with van der Waals surface area (Å²) in [5.74, 6) is 2.32. The lowest BCUT2D eigenvalue weighted by molar-refractivity contribution is -0.137. The number of rotatable bonds is 3. The van der Waals surface area contributed by atoms with Gasteiger partial charge in [-0.05, 0) is 47.9 Å². The van der Waals surface area contributed by atoms with E-state index in [-0.39, 0.29) is 5.75 Å². The largest absolute Gasteiger partial charge is 0.456 e. The van der Waals surface area contributed by atoms with Gasteiger partial charge in [-0.15, -0.1) is 0 Å². The van der Waals surface area contributed by atoms with E-state index in [4.69, 9.17) is 4.74 Å². The number of aromatic nitrogens is 1. The number of benzene rings is 1. The Morgan fingerprint density at radius 3 is 2.67 bits per heavy atom. The average molecular weight is 389 g/mol. The minimum Gasteiger partial charge on any atom is -0.456 e. The highest BCUT2D eigenvalue weighted by molar-refractivity contribution is 7.98. The number of hydrogen-bond acceptors (Lipinski definition) is 5. The first-order valence-electron chi connectivity index (χ1n) is 8.17. The van der Waals surface area contributed by atoms with Gasteiger partial charge in [0.15, 0.2) is 0 Å². The predicted molar refractivity (Wildman–Crippen MR) is 99.5 cm³/mol. The molecule has 3 heterocycles. The Hall–Kier alpha value is -2.74. The van der Waals surface area contributed by atoms with Crippen LogP contribution in [0.3, 0.4) is 0 Å². The Balaban J connectivity index is 1.54. The van der Waals surface area contributed by atoms with Gasteiger partial charge in [0.1, 0.15) is 17.3 Å². The normalized spacial score (nSPS) is 16.5. The van der Waals surface area contributed by atoms with Crippen LogP contribution in [0.1, 0.15) is 11.1 Å². The highest BCUT2D eigenvalue weighted by Gasteiger charge is 2.31. The molecule has 27 heavy (non-hydrogen) atoms. The van der Waals surface area contributed by atoms with E-state index < -0.39 is 11.7 Å². The molecule has 4 rings (SSSR count). The molecule has 1 aromatic heterocycles. The number of hydrogen-bond donors (Lipinski definition) is 0. The van der Waals surface area contributed by atoms with Crippen LogP contribution in [0.15, 0.2) is 65.5 Å². The molecule has 0 unspecified atom stereocenters. The second-order valence-electron chi connectivity index (χ2n) is 5.90. The topological polar surface area (TPSA) is 37.7 Å². The van der Waals surface area contributed by atoms with Crippen LogP contribution in [0, 0.1) is 0 Å². The Bertz CT molecular complexity index is 936. The van der Waals surface area contributed by atoms with E-state index >= 15 is 0 Å². The molecule has 0 aliphatic carbocycles. The van der Waals surface area contributed by atoms with E-state index in [0.29, 0.717) is 5.75 Å². The number of ether oxygens (including phenoxy) is 1. The van der Waals surface area contributed by atoms with Gasteiger partial charge >= 0.3 is 6.18 Å². The molecule has 0 saturated carbocycles. The lowest BCUT2D eigenvalue weighted by Crippen LogP contribution is -2.32. The van der Waals surface area contributed by atoms with E-state index in [2.05, 4.69) is 14.3 Å². The number of alkyl halides is 3. The van der Waals surface area contributed by atoms with Crippen molar-refractivity contribution in [3.05, 3.63) is 72.2 Å². The van der Waals surface area contributed by atoms with E-state index in [1.165, 1.54) is 18.1 Å². The Kier molecular flexibility index (Phi) is 4.65. The maximum atomic E-state index is 12.8. The van der Waals surface area contributed by atoms with Crippen LogP contribution >= 0.6 is 11.9 Å². The molecule has 0 amide bonds. The molecule has 2 aliphatic heterocycles. The molecule has 0 bridgehead atoms. The van der Waals surface area contributed by atoms with E-state index in [1.54, 1.807) is 12.1 Å². The fourth-order valence-electron chi connectivity index (χ4n) is 2.76. The summed E-state index contributed by atoms with van der Waals surface area (Å²) in [7, 11) is 0. The van der Waals surface area contributed by atoms with Gasteiger partial charge in [0.05, 0.1) is 11.8 Å². The van der Waals surface area contributed by atoms with Gasteiger partial charge in [-0.1, -0.05) is 12.1 Å². The summed E-state index contributed by atoms with van der Waals surface area (Å²) in [6.45, 7) is 0.904. The zero-order chi connectivity index (χ0) is 18.9. The molecule has 0 radical (unpaired) electrons. The van der Waals surface area contributed by atoms with Crippen LogP contribution in [-0.4, -0.2) is 28.0 Å². The molecular formula is C19H14F3N3OS. The van der Waals surface area contributed by atoms with Gasteiger partial charge in [0.25, 0.3) is 0 Å². The van der Waals surface area contributed by atoms with E-state index in [9.17, 15) is 13.2 Å². The lowest BCUT2D eigenvalue weighted by Gasteiger charge is -2.29. The van der Waals surface area contributed by atoms with Crippen molar-refractivity contribution < 1.29 is 17.9 Å². The third-order valence-electron chi connectivity index (χ3n) is 4.06. The minimum absolute atomic E-state index is 0.0385. The molecule has 8 heteroatoms. The van der Waals surface area contributed by atoms with Gasteiger partial charge in [0, 0.05) is 30.3 Å². The fraction of sp³-hybridized carbons (Fsp3) is 0.158. The van der Waals surface area contributed by atoms with Crippen molar-refractivity contribution in [2.45, 2.75) is 6.18 Å². The summed E-state index contributed by atoms with van der Waals surface area (Å²) >= 11 is 1.54. The van der Waals surface area contributed by atoms with Crippen LogP contribution in [-0.2, 0) is 6.18 Å². The molecule has 138 valence electrons. The van der Waals surface area contributed by atoms with Crippen molar-refractivity contribution >= 4 is 23.4 Å². The van der Waals surface area contributed by atoms with Gasteiger partial charge in [-0.2, -0.15) is 17.6 Å². The quantitative estimate of drug-likeness (QED) is 0.679. The standard InChI is InChI=1S/C19H14F3N3OS/c20-19(21,22)14-10-16(12-23-11-14)26-15-5-3-13(4-6-15)17-2-1-7-25-8-9-27-24-18(17)25/h1-7,10-12H,8-9H2. The maximum Gasteiger partial charge on any atom is 0.418 e. The maximum absolute atomic E-state index is 12.8. The number of halogens is 3. The van der Waals surface area contributed by atoms with Crippen molar-refractivity contribution in [1.82, 2.24) is 9.88 Å². The van der Waals surface area contributed by atoms with Crippen molar-refractivity contribution in [2.24, 2.45) is 4.40 Å². The van der Waals surface area contributed by atoms with Gasteiger partial charge in [-0.25, -0.2) is 0 Å². The smallest absolute Gasteiger partial charge is 0.418 e. The number of amidine groups is 1. The van der Waals surface area contributed by atoms with Gasteiger partial charge in [0.2, 0.25) is 0 Å². The summed E-state index contributed by atoms with van der Waals surface area (Å²) in [5, 5.41) is 0. The van der Waals surface area contributed by atoms with Gasteiger partial charge < -0.3 is 9.64 Å². The van der Waals surface area contributed by atoms with Crippen molar-refractivity contribution in [1.29, 1.82) is 0 Å². The Morgan fingerprint density at radius 2 is 1.89 bits per heavy atom. The van der Waals surface area contributed by atoms with E-state index in [0.717, 1.165) is 41.5 Å². The summed E-state index contributed by atoms with van der Waals surface area (Å²) in [5.41, 5.74) is 1.11. The van der Waals surface area contributed by atoms with Crippen LogP contribution in [0.25, 0.3) is 5.57 Å². The number of allylic oxidation sites excluding steroid dienone is 2. The van der Waals surface area contributed by atoms with E-state index in [1.807, 2.05) is 30.5 Å². The molecule has 0 spiro atoms. The average Bonchev–Trinajstić information content (AvgIpc) is 2.68. The van der Waals surface area contributed by atoms with Crippen LogP contribution in [0.2, 0.25) is 0 Å². The number of fused-ring (bicyclic) bond motifs is 1. The van der Waals surface area contributed by atoms with Crippen LogP contribution < -0.4 is 4.74 Å². The molecule has 0 saturated heterocycles. The van der Waals surface area contributed by atoms with Gasteiger partial charge in [-0.3, -0.25) is 4.98 Å². The SMILES string of the molecule is FC(F)(F)c1cncc(Oc2ccc(C3=CC=CN4CCSN=C34)cc2)c1. The Labute approximate surface area is 158 Å². The van der Waals surface area contributed by atoms with Crippen LogP contribution in [0.5, 0.6) is 11.5 Å². The molecule has 4 nitrogen and oxygen atoms in total. The summed E-state index contributed by atoms with van der Waals surface area (Å²) < 4.78 is 48.4. The molecule has 2 aliphatic rings. The minimum atomic E-state index is -4.46. The summed E-state index contributed by atoms with van der Waals surface area (Å²) in [6.07, 6.45) is 3.54. The molecule has 2 aromatic rings. The molecular weight excluding hydrogens is 375 g/mol. The zero-order valence-electron chi connectivity index (χ0n) is 14.0. The van der Waals surface area contributed by atoms with Crippen molar-refractivity contribution in [3.8, 4) is 11.5 Å². The Morgan fingerprint density at radius 1 is 1.07 bits per heavy atom. The summed E-state index contributed by atoms with van der Waals surface area (Å²) in [4.78, 5) is 5.70. The van der Waals surface area contributed by atoms with Crippen LogP contribution in [0.4, 0.5) is 13.2 Å². The zero-order valence-corrected chi connectivity index (χ0v) is 14.8. The number of pyridine rings is 1. The lowest BCUT2D eigenvalue weighted by atomic mass is 10.0. The third-order valence-corrected chi connectivity index (χ3v) is 4.73. The second-order valence-corrected chi connectivity index (χ2v) is 6.75. The highest BCUT2D eigenvalue weighted by atomic mass is 32.2. The fourth-order valence-corrected chi connectivity index (χ4v) is 3.46. The first-order valence-corrected chi connectivity index (χ1v) is 9.11. The second kappa shape index (κ2) is 7.11. The monoisotopic (exact) mass is 389 g/mol. The predicted octanol–water partition coefficient (Wildman–Crippen LogP) is 5.17. The molecule has 0 atom stereocenters. The molecule has 0 fully saturated rings. The molecule has 0 N–H and O–H groups in total. The van der Waals surface area contributed by atoms with Crippen molar-refractivity contribution in [2.75, 3.05) is 12.3 Å².